The highest BCUT2D eigenvalue weighted by Crippen LogP contribution is 2.36. The van der Waals surface area contributed by atoms with Crippen LogP contribution in [0.25, 0.3) is 0 Å². The zero-order chi connectivity index (χ0) is 11.5. The predicted molar refractivity (Wildman–Crippen MR) is 71.7 cm³/mol. The number of thioether (sulfide) groups is 1. The van der Waals surface area contributed by atoms with Gasteiger partial charge in [0.2, 0.25) is 0 Å². The van der Waals surface area contributed by atoms with Crippen LogP contribution in [-0.2, 0) is 0 Å². The van der Waals surface area contributed by atoms with E-state index in [4.69, 9.17) is 11.5 Å². The van der Waals surface area contributed by atoms with E-state index in [1.54, 1.807) is 0 Å². The molecule has 0 aromatic heterocycles. The molecule has 0 saturated heterocycles. The lowest BCUT2D eigenvalue weighted by molar-refractivity contribution is 0.451. The van der Waals surface area contributed by atoms with Crippen molar-refractivity contribution in [3.8, 4) is 0 Å². The maximum atomic E-state index is 5.92. The van der Waals surface area contributed by atoms with Gasteiger partial charge in [-0.3, -0.25) is 0 Å². The highest BCUT2D eigenvalue weighted by atomic mass is 32.2. The van der Waals surface area contributed by atoms with Gasteiger partial charge in [0, 0.05) is 21.9 Å². The van der Waals surface area contributed by atoms with Gasteiger partial charge in [0.15, 0.2) is 0 Å². The van der Waals surface area contributed by atoms with Crippen LogP contribution in [-0.4, -0.2) is 11.3 Å². The Kier molecular flexibility index (Phi) is 3.77. The maximum Gasteiger partial charge on any atom is 0.0354 e. The van der Waals surface area contributed by atoms with Crippen molar-refractivity contribution in [3.63, 3.8) is 0 Å². The van der Waals surface area contributed by atoms with Crippen LogP contribution in [0.4, 0.5) is 5.69 Å². The Morgan fingerprint density at radius 1 is 1.19 bits per heavy atom. The van der Waals surface area contributed by atoms with Gasteiger partial charge in [-0.15, -0.1) is 11.8 Å². The van der Waals surface area contributed by atoms with Crippen molar-refractivity contribution in [1.82, 2.24) is 0 Å². The summed E-state index contributed by atoms with van der Waals surface area (Å²) in [5.74, 6) is 0. The largest absolute Gasteiger partial charge is 0.398 e. The normalized spacial score (nSPS) is 25.6. The van der Waals surface area contributed by atoms with Crippen molar-refractivity contribution < 1.29 is 0 Å². The average molecular weight is 236 g/mol. The van der Waals surface area contributed by atoms with E-state index in [0.717, 1.165) is 10.9 Å². The van der Waals surface area contributed by atoms with Crippen molar-refractivity contribution in [1.29, 1.82) is 0 Å². The molecule has 0 atom stereocenters. The number of nitrogen functional groups attached to an aromatic ring is 1. The van der Waals surface area contributed by atoms with Gasteiger partial charge >= 0.3 is 0 Å². The summed E-state index contributed by atoms with van der Waals surface area (Å²) in [5, 5.41) is 0.722. The van der Waals surface area contributed by atoms with Crippen LogP contribution in [0.5, 0.6) is 0 Å². The summed E-state index contributed by atoms with van der Waals surface area (Å²) in [6.45, 7) is 2.10. The van der Waals surface area contributed by atoms with Gasteiger partial charge in [0.1, 0.15) is 0 Å². The van der Waals surface area contributed by atoms with E-state index < -0.39 is 0 Å². The fraction of sp³-hybridized carbons (Fsp3) is 0.538. The monoisotopic (exact) mass is 236 g/mol. The van der Waals surface area contributed by atoms with Gasteiger partial charge in [-0.25, -0.2) is 0 Å². The molecule has 1 aromatic carbocycles. The van der Waals surface area contributed by atoms with Crippen LogP contribution in [0.2, 0.25) is 0 Å². The highest BCUT2D eigenvalue weighted by Gasteiger charge is 2.19. The molecule has 16 heavy (non-hydrogen) atoms. The smallest absolute Gasteiger partial charge is 0.0354 e. The molecule has 0 aliphatic heterocycles. The van der Waals surface area contributed by atoms with Gasteiger partial charge in [0.25, 0.3) is 0 Å². The number of rotatable bonds is 2. The predicted octanol–water partition coefficient (Wildman–Crippen LogP) is 2.94. The molecule has 2 rings (SSSR count). The Morgan fingerprint density at radius 2 is 1.88 bits per heavy atom. The van der Waals surface area contributed by atoms with Gasteiger partial charge in [-0.2, -0.15) is 0 Å². The molecule has 0 unspecified atom stereocenters. The molecular weight excluding hydrogens is 216 g/mol. The zero-order valence-corrected chi connectivity index (χ0v) is 10.6. The molecule has 0 radical (unpaired) electrons. The summed E-state index contributed by atoms with van der Waals surface area (Å²) in [6, 6.07) is 6.61. The lowest BCUT2D eigenvalue weighted by Gasteiger charge is -2.26. The van der Waals surface area contributed by atoms with E-state index in [1.165, 1.54) is 36.1 Å². The van der Waals surface area contributed by atoms with E-state index in [-0.39, 0.29) is 0 Å². The summed E-state index contributed by atoms with van der Waals surface area (Å²) in [7, 11) is 0. The minimum atomic E-state index is 0.429. The Labute approximate surface area is 102 Å². The van der Waals surface area contributed by atoms with Crippen molar-refractivity contribution in [2.75, 3.05) is 5.73 Å². The van der Waals surface area contributed by atoms with E-state index in [0.29, 0.717) is 6.04 Å². The summed E-state index contributed by atoms with van der Waals surface area (Å²) >= 11 is 1.97. The summed E-state index contributed by atoms with van der Waals surface area (Å²) in [4.78, 5) is 1.33. The first-order chi connectivity index (χ1) is 7.66. The second-order valence-corrected chi connectivity index (χ2v) is 5.97. The number of hydrogen-bond acceptors (Lipinski definition) is 3. The Balaban J connectivity index is 2.01. The number of benzene rings is 1. The van der Waals surface area contributed by atoms with Crippen molar-refractivity contribution >= 4 is 17.4 Å². The second kappa shape index (κ2) is 5.11. The van der Waals surface area contributed by atoms with E-state index in [1.807, 2.05) is 23.9 Å². The molecule has 0 amide bonds. The summed E-state index contributed by atoms with van der Waals surface area (Å²) in [6.07, 6.45) is 4.80. The standard InChI is InChI=1S/C13H20N2S/c1-9-12(15)3-2-4-13(9)16-11-7-5-10(14)6-8-11/h2-4,10-11H,5-8,14-15H2,1H3. The molecule has 0 bridgehead atoms. The Hall–Kier alpha value is -0.670. The van der Waals surface area contributed by atoms with E-state index in [2.05, 4.69) is 13.0 Å². The quantitative estimate of drug-likeness (QED) is 0.776. The van der Waals surface area contributed by atoms with Crippen LogP contribution in [0.1, 0.15) is 31.2 Å². The van der Waals surface area contributed by atoms with Crippen molar-refractivity contribution in [2.24, 2.45) is 5.73 Å². The molecule has 1 aliphatic rings. The van der Waals surface area contributed by atoms with Gasteiger partial charge in [0.05, 0.1) is 0 Å². The third kappa shape index (κ3) is 2.71. The SMILES string of the molecule is Cc1c(N)cccc1SC1CCC(N)CC1. The lowest BCUT2D eigenvalue weighted by atomic mass is 9.96. The van der Waals surface area contributed by atoms with Crippen LogP contribution in [0, 0.1) is 6.92 Å². The summed E-state index contributed by atoms with van der Waals surface area (Å²) < 4.78 is 0. The molecule has 0 heterocycles. The van der Waals surface area contributed by atoms with Crippen LogP contribution < -0.4 is 11.5 Å². The minimum Gasteiger partial charge on any atom is -0.398 e. The fourth-order valence-electron chi connectivity index (χ4n) is 2.15. The lowest BCUT2D eigenvalue weighted by Crippen LogP contribution is -2.27. The molecule has 1 aliphatic carbocycles. The average Bonchev–Trinajstić information content (AvgIpc) is 2.28. The summed E-state index contributed by atoms with van der Waals surface area (Å²) in [5.41, 5.74) is 14.0. The molecule has 3 heteroatoms. The highest BCUT2D eigenvalue weighted by molar-refractivity contribution is 8.00. The Morgan fingerprint density at radius 3 is 2.56 bits per heavy atom. The van der Waals surface area contributed by atoms with Gasteiger partial charge in [-0.1, -0.05) is 6.07 Å². The first kappa shape index (κ1) is 11.8. The van der Waals surface area contributed by atoms with Crippen molar-refractivity contribution in [3.05, 3.63) is 23.8 Å². The number of hydrogen-bond donors (Lipinski definition) is 2. The molecular formula is C13H20N2S. The third-order valence-corrected chi connectivity index (χ3v) is 4.84. The Bertz CT molecular complexity index is 357. The van der Waals surface area contributed by atoms with E-state index in [9.17, 15) is 0 Å². The molecule has 1 fully saturated rings. The first-order valence-corrected chi connectivity index (χ1v) is 6.82. The minimum absolute atomic E-state index is 0.429. The van der Waals surface area contributed by atoms with Gasteiger partial charge < -0.3 is 11.5 Å². The fourth-order valence-corrected chi connectivity index (χ4v) is 3.46. The van der Waals surface area contributed by atoms with Gasteiger partial charge in [-0.05, 0) is 50.3 Å². The number of nitrogens with two attached hydrogens (primary N) is 2. The first-order valence-electron chi connectivity index (χ1n) is 5.94. The molecule has 2 nitrogen and oxygen atoms in total. The molecule has 1 aromatic rings. The zero-order valence-electron chi connectivity index (χ0n) is 9.78. The van der Waals surface area contributed by atoms with Crippen LogP contribution in [0.15, 0.2) is 23.1 Å². The van der Waals surface area contributed by atoms with Crippen LogP contribution in [0.3, 0.4) is 0 Å². The van der Waals surface area contributed by atoms with Crippen molar-refractivity contribution in [2.45, 2.75) is 48.8 Å². The van der Waals surface area contributed by atoms with E-state index >= 15 is 0 Å². The molecule has 0 spiro atoms. The topological polar surface area (TPSA) is 52.0 Å². The second-order valence-electron chi connectivity index (χ2n) is 4.63. The molecule has 88 valence electrons. The molecule has 4 N–H and O–H groups in total. The van der Waals surface area contributed by atoms with Crippen LogP contribution >= 0.6 is 11.8 Å². The number of anilines is 1. The molecule has 1 saturated carbocycles. The maximum absolute atomic E-state index is 5.92. The third-order valence-electron chi connectivity index (χ3n) is 3.34.